The summed E-state index contributed by atoms with van der Waals surface area (Å²) in [6.07, 6.45) is 2.03. The van der Waals surface area contributed by atoms with Gasteiger partial charge in [0.1, 0.15) is 0 Å². The molecular weight excluding hydrogens is 220 g/mol. The highest BCUT2D eigenvalue weighted by Crippen LogP contribution is 2.14. The molecule has 0 saturated carbocycles. The summed E-state index contributed by atoms with van der Waals surface area (Å²) in [5, 5.41) is 5.95. The first-order chi connectivity index (χ1) is 7.69. The van der Waals surface area contributed by atoms with E-state index in [0.717, 1.165) is 22.6 Å². The highest BCUT2D eigenvalue weighted by Gasteiger charge is 2.08. The van der Waals surface area contributed by atoms with E-state index in [2.05, 4.69) is 10.6 Å². The van der Waals surface area contributed by atoms with Crippen LogP contribution in [0.2, 0.25) is 0 Å². The minimum atomic E-state index is 0.00852. The Labute approximate surface area is 101 Å². The van der Waals surface area contributed by atoms with Crippen LogP contribution in [-0.2, 0) is 0 Å². The summed E-state index contributed by atoms with van der Waals surface area (Å²) < 4.78 is 0. The zero-order valence-corrected chi connectivity index (χ0v) is 10.8. The van der Waals surface area contributed by atoms with Gasteiger partial charge in [-0.3, -0.25) is 4.79 Å². The van der Waals surface area contributed by atoms with E-state index in [0.29, 0.717) is 6.54 Å². The Morgan fingerprint density at radius 3 is 2.75 bits per heavy atom. The van der Waals surface area contributed by atoms with Crippen LogP contribution >= 0.6 is 11.8 Å². The monoisotopic (exact) mass is 238 g/mol. The van der Waals surface area contributed by atoms with Crippen molar-refractivity contribution in [3.05, 3.63) is 29.3 Å². The number of aryl methyl sites for hydroxylation is 1. The molecule has 0 aliphatic heterocycles. The molecule has 1 aromatic carbocycles. The number of anilines is 1. The Bertz CT molecular complexity index is 366. The van der Waals surface area contributed by atoms with E-state index in [4.69, 9.17) is 0 Å². The number of amides is 1. The summed E-state index contributed by atoms with van der Waals surface area (Å²) in [5.74, 6) is 0.952. The molecule has 1 aromatic rings. The predicted octanol–water partition coefficient (Wildman–Crippen LogP) is 2.13. The van der Waals surface area contributed by atoms with Crippen molar-refractivity contribution in [1.82, 2.24) is 5.32 Å². The van der Waals surface area contributed by atoms with Gasteiger partial charge in [0.2, 0.25) is 0 Å². The summed E-state index contributed by atoms with van der Waals surface area (Å²) in [4.78, 5) is 11.8. The minimum absolute atomic E-state index is 0.00852. The molecule has 0 aliphatic rings. The molecule has 0 heterocycles. The van der Waals surface area contributed by atoms with Gasteiger partial charge in [0.05, 0.1) is 0 Å². The predicted molar refractivity (Wildman–Crippen MR) is 71.4 cm³/mol. The van der Waals surface area contributed by atoms with Gasteiger partial charge in [-0.15, -0.1) is 0 Å². The van der Waals surface area contributed by atoms with Crippen LogP contribution in [0.4, 0.5) is 5.69 Å². The molecule has 3 nitrogen and oxygen atoms in total. The number of nitrogens with one attached hydrogen (secondary N) is 2. The lowest BCUT2D eigenvalue weighted by Crippen LogP contribution is -2.26. The fraction of sp³-hybridized carbons (Fsp3) is 0.417. The first-order valence-corrected chi connectivity index (χ1v) is 6.64. The number of rotatable bonds is 5. The van der Waals surface area contributed by atoms with Crippen molar-refractivity contribution in [3.63, 3.8) is 0 Å². The number of benzene rings is 1. The zero-order chi connectivity index (χ0) is 12.0. The van der Waals surface area contributed by atoms with Crippen molar-refractivity contribution in [2.24, 2.45) is 0 Å². The highest BCUT2D eigenvalue weighted by molar-refractivity contribution is 7.98. The number of carbonyl (C=O) groups is 1. The summed E-state index contributed by atoms with van der Waals surface area (Å²) in [5.41, 5.74) is 2.77. The lowest BCUT2D eigenvalue weighted by molar-refractivity contribution is 0.0955. The SMILES string of the molecule is CNc1ccc(C(=O)NCCSC)c(C)c1. The van der Waals surface area contributed by atoms with Gasteiger partial charge < -0.3 is 10.6 Å². The van der Waals surface area contributed by atoms with Gasteiger partial charge in [-0.2, -0.15) is 11.8 Å². The van der Waals surface area contributed by atoms with Crippen LogP contribution in [0.3, 0.4) is 0 Å². The largest absolute Gasteiger partial charge is 0.388 e. The quantitative estimate of drug-likeness (QED) is 0.772. The van der Waals surface area contributed by atoms with Crippen LogP contribution < -0.4 is 10.6 Å². The van der Waals surface area contributed by atoms with E-state index >= 15 is 0 Å². The van der Waals surface area contributed by atoms with Crippen molar-refractivity contribution in [3.8, 4) is 0 Å². The Balaban J connectivity index is 2.68. The standard InChI is InChI=1S/C12H18N2OS/c1-9-8-10(13-2)4-5-11(9)12(15)14-6-7-16-3/h4-5,8,13H,6-7H2,1-3H3,(H,14,15). The van der Waals surface area contributed by atoms with Crippen LogP contribution in [0, 0.1) is 6.92 Å². The summed E-state index contributed by atoms with van der Waals surface area (Å²) >= 11 is 1.72. The van der Waals surface area contributed by atoms with E-state index in [1.54, 1.807) is 11.8 Å². The molecule has 0 radical (unpaired) electrons. The van der Waals surface area contributed by atoms with E-state index in [1.165, 1.54) is 0 Å². The molecule has 0 aliphatic carbocycles. The minimum Gasteiger partial charge on any atom is -0.388 e. The maximum Gasteiger partial charge on any atom is 0.251 e. The molecule has 1 rings (SSSR count). The van der Waals surface area contributed by atoms with Crippen molar-refractivity contribution in [2.45, 2.75) is 6.92 Å². The second kappa shape index (κ2) is 6.43. The summed E-state index contributed by atoms with van der Waals surface area (Å²) in [6.45, 7) is 2.66. The van der Waals surface area contributed by atoms with Gasteiger partial charge >= 0.3 is 0 Å². The lowest BCUT2D eigenvalue weighted by Gasteiger charge is -2.08. The molecule has 0 aromatic heterocycles. The number of hydrogen-bond acceptors (Lipinski definition) is 3. The van der Waals surface area contributed by atoms with Crippen molar-refractivity contribution >= 4 is 23.4 Å². The second-order valence-corrected chi connectivity index (χ2v) is 4.51. The highest BCUT2D eigenvalue weighted by atomic mass is 32.2. The van der Waals surface area contributed by atoms with Crippen LogP contribution in [-0.4, -0.2) is 31.5 Å². The number of carbonyl (C=O) groups excluding carboxylic acids is 1. The van der Waals surface area contributed by atoms with Gasteiger partial charge in [-0.1, -0.05) is 0 Å². The summed E-state index contributed by atoms with van der Waals surface area (Å²) in [6, 6.07) is 5.75. The molecule has 0 spiro atoms. The Morgan fingerprint density at radius 1 is 1.44 bits per heavy atom. The Kier molecular flexibility index (Phi) is 5.19. The van der Waals surface area contributed by atoms with E-state index in [1.807, 2.05) is 38.4 Å². The fourth-order valence-corrected chi connectivity index (χ4v) is 1.74. The van der Waals surface area contributed by atoms with Crippen molar-refractivity contribution in [2.75, 3.05) is 30.9 Å². The molecule has 0 bridgehead atoms. The smallest absolute Gasteiger partial charge is 0.251 e. The average Bonchev–Trinajstić information content (AvgIpc) is 2.29. The molecule has 1 amide bonds. The number of thioether (sulfide) groups is 1. The molecule has 2 N–H and O–H groups in total. The maximum atomic E-state index is 11.8. The molecule has 16 heavy (non-hydrogen) atoms. The van der Waals surface area contributed by atoms with Gasteiger partial charge in [0.15, 0.2) is 0 Å². The average molecular weight is 238 g/mol. The molecule has 0 unspecified atom stereocenters. The van der Waals surface area contributed by atoms with Crippen molar-refractivity contribution < 1.29 is 4.79 Å². The molecule has 0 saturated heterocycles. The first-order valence-electron chi connectivity index (χ1n) is 5.24. The van der Waals surface area contributed by atoms with Crippen LogP contribution in [0.15, 0.2) is 18.2 Å². The molecular formula is C12H18N2OS. The van der Waals surface area contributed by atoms with Gasteiger partial charge in [0, 0.05) is 30.6 Å². The zero-order valence-electron chi connectivity index (χ0n) is 9.96. The van der Waals surface area contributed by atoms with Gasteiger partial charge in [0.25, 0.3) is 5.91 Å². The maximum absolute atomic E-state index is 11.8. The lowest BCUT2D eigenvalue weighted by atomic mass is 10.1. The topological polar surface area (TPSA) is 41.1 Å². The van der Waals surface area contributed by atoms with E-state index in [-0.39, 0.29) is 5.91 Å². The van der Waals surface area contributed by atoms with Crippen LogP contribution in [0.1, 0.15) is 15.9 Å². The number of hydrogen-bond donors (Lipinski definition) is 2. The van der Waals surface area contributed by atoms with Gasteiger partial charge in [-0.05, 0) is 36.9 Å². The van der Waals surface area contributed by atoms with Crippen LogP contribution in [0.5, 0.6) is 0 Å². The van der Waals surface area contributed by atoms with E-state index in [9.17, 15) is 4.79 Å². The molecule has 4 heteroatoms. The summed E-state index contributed by atoms with van der Waals surface area (Å²) in [7, 11) is 1.87. The van der Waals surface area contributed by atoms with Gasteiger partial charge in [-0.25, -0.2) is 0 Å². The molecule has 0 fully saturated rings. The third-order valence-electron chi connectivity index (χ3n) is 2.35. The second-order valence-electron chi connectivity index (χ2n) is 3.53. The Hall–Kier alpha value is -1.16. The third-order valence-corrected chi connectivity index (χ3v) is 2.96. The van der Waals surface area contributed by atoms with Crippen molar-refractivity contribution in [1.29, 1.82) is 0 Å². The van der Waals surface area contributed by atoms with Crippen LogP contribution in [0.25, 0.3) is 0 Å². The molecule has 88 valence electrons. The molecule has 0 atom stereocenters. The first kappa shape index (κ1) is 12.9. The normalized spacial score (nSPS) is 9.94. The fourth-order valence-electron chi connectivity index (χ4n) is 1.44. The third kappa shape index (κ3) is 3.45. The van der Waals surface area contributed by atoms with E-state index < -0.39 is 0 Å². The Morgan fingerprint density at radius 2 is 2.19 bits per heavy atom.